The number of hydrogen-bond acceptors (Lipinski definition) is 4. The molecule has 0 unspecified atom stereocenters. The van der Waals surface area contributed by atoms with Gasteiger partial charge in [0.15, 0.2) is 0 Å². The second-order valence-corrected chi connectivity index (χ2v) is 10.2. The molecule has 0 radical (unpaired) electrons. The fraction of sp³-hybridized carbons (Fsp3) is 0.281. The molecule has 6 heteroatoms. The van der Waals surface area contributed by atoms with Crippen molar-refractivity contribution < 1.29 is 14.3 Å². The molecule has 1 amide bonds. The maximum Gasteiger partial charge on any atom is 0.309 e. The molecule has 1 N–H and O–H groups in total. The molecule has 1 aliphatic rings. The van der Waals surface area contributed by atoms with Crippen LogP contribution in [0.5, 0.6) is 5.88 Å². The highest BCUT2D eigenvalue weighted by atomic mass is 16.5. The molecule has 6 nitrogen and oxygen atoms in total. The average molecular weight is 508 g/mol. The van der Waals surface area contributed by atoms with E-state index in [0.717, 1.165) is 70.4 Å². The maximum atomic E-state index is 12.7. The summed E-state index contributed by atoms with van der Waals surface area (Å²) in [6.07, 6.45) is 4.13. The Morgan fingerprint density at radius 3 is 2.29 bits per heavy atom. The lowest BCUT2D eigenvalue weighted by Crippen LogP contribution is -2.20. The number of benzene rings is 3. The van der Waals surface area contributed by atoms with Crippen LogP contribution in [-0.2, 0) is 9.59 Å². The van der Waals surface area contributed by atoms with Crippen LogP contribution in [0, 0.1) is 26.7 Å². The first-order chi connectivity index (χ1) is 18.3. The van der Waals surface area contributed by atoms with E-state index in [9.17, 15) is 9.59 Å². The first-order valence-corrected chi connectivity index (χ1v) is 13.2. The summed E-state index contributed by atoms with van der Waals surface area (Å²) >= 11 is 0. The van der Waals surface area contributed by atoms with Crippen molar-refractivity contribution in [1.82, 2.24) is 9.78 Å². The molecule has 5 rings (SSSR count). The number of aromatic nitrogens is 2. The molecular formula is C32H33N3O3. The zero-order valence-electron chi connectivity index (χ0n) is 22.4. The Hall–Kier alpha value is -4.19. The fourth-order valence-corrected chi connectivity index (χ4v) is 5.15. The maximum absolute atomic E-state index is 12.7. The quantitative estimate of drug-likeness (QED) is 0.280. The van der Waals surface area contributed by atoms with Gasteiger partial charge in [-0.15, -0.1) is 0 Å². The minimum absolute atomic E-state index is 0.0824. The molecule has 38 heavy (non-hydrogen) atoms. The van der Waals surface area contributed by atoms with Gasteiger partial charge in [0.25, 0.3) is 0 Å². The van der Waals surface area contributed by atoms with Crippen LogP contribution in [0.15, 0.2) is 66.7 Å². The highest BCUT2D eigenvalue weighted by Crippen LogP contribution is 2.42. The number of amides is 1. The summed E-state index contributed by atoms with van der Waals surface area (Å²) in [5, 5.41) is 8.08. The van der Waals surface area contributed by atoms with Gasteiger partial charge in [0, 0.05) is 24.1 Å². The third-order valence-electron chi connectivity index (χ3n) is 7.13. The number of nitrogens with one attached hydrogen (secondary N) is 1. The van der Waals surface area contributed by atoms with E-state index in [-0.39, 0.29) is 11.8 Å². The van der Waals surface area contributed by atoms with Gasteiger partial charge in [-0.1, -0.05) is 60.9 Å². The largest absolute Gasteiger partial charge is 0.407 e. The number of aryl methyl sites for hydroxylation is 3. The van der Waals surface area contributed by atoms with E-state index in [1.807, 2.05) is 75.4 Å². The highest BCUT2D eigenvalue weighted by Gasteiger charge is 2.26. The zero-order chi connectivity index (χ0) is 26.8. The van der Waals surface area contributed by atoms with Crippen molar-refractivity contribution in [1.29, 1.82) is 0 Å². The number of ether oxygens (including phenoxy) is 1. The minimum atomic E-state index is -0.422. The standard InChI is InChI=1S/C32H33N3O3/c1-20-8-7-11-26(18-20)30-29(24-14-16-27(17-15-24)33-31(37)25-9-5-6-10-25)32(38-23(4)36)35(34-30)28-19-21(2)12-13-22(28)3/h7-8,11-19,25H,5-6,9-10H2,1-4H3,(H,33,37). The van der Waals surface area contributed by atoms with Crippen molar-refractivity contribution >= 4 is 17.6 Å². The molecule has 0 aliphatic heterocycles. The van der Waals surface area contributed by atoms with Crippen LogP contribution < -0.4 is 10.1 Å². The van der Waals surface area contributed by atoms with Gasteiger partial charge < -0.3 is 10.1 Å². The van der Waals surface area contributed by atoms with Crippen LogP contribution in [0.25, 0.3) is 28.1 Å². The molecule has 194 valence electrons. The molecule has 0 spiro atoms. The summed E-state index contributed by atoms with van der Waals surface area (Å²) in [6.45, 7) is 7.48. The molecule has 0 saturated heterocycles. The number of anilines is 1. The van der Waals surface area contributed by atoms with E-state index in [1.165, 1.54) is 6.92 Å². The van der Waals surface area contributed by atoms with Crippen molar-refractivity contribution in [2.75, 3.05) is 5.32 Å². The van der Waals surface area contributed by atoms with Gasteiger partial charge in [0.2, 0.25) is 11.8 Å². The van der Waals surface area contributed by atoms with E-state index >= 15 is 0 Å². The number of carbonyl (C=O) groups is 2. The summed E-state index contributed by atoms with van der Waals surface area (Å²) in [5.74, 6) is 0.118. The van der Waals surface area contributed by atoms with Crippen LogP contribution in [0.4, 0.5) is 5.69 Å². The molecule has 1 fully saturated rings. The third-order valence-corrected chi connectivity index (χ3v) is 7.13. The average Bonchev–Trinajstić information content (AvgIpc) is 3.55. The Bertz CT molecular complexity index is 1500. The molecule has 0 atom stereocenters. The Balaban J connectivity index is 1.65. The molecule has 3 aromatic carbocycles. The van der Waals surface area contributed by atoms with Crippen LogP contribution in [0.1, 0.15) is 49.3 Å². The fourth-order valence-electron chi connectivity index (χ4n) is 5.15. The number of nitrogens with zero attached hydrogens (tertiary/aromatic N) is 2. The smallest absolute Gasteiger partial charge is 0.309 e. The van der Waals surface area contributed by atoms with Crippen molar-refractivity contribution in [2.45, 2.75) is 53.4 Å². The molecular weight excluding hydrogens is 474 g/mol. The Labute approximate surface area is 223 Å². The van der Waals surface area contributed by atoms with E-state index < -0.39 is 5.97 Å². The van der Waals surface area contributed by atoms with Gasteiger partial charge in [-0.25, -0.2) is 0 Å². The molecule has 1 aromatic heterocycles. The zero-order valence-corrected chi connectivity index (χ0v) is 22.4. The minimum Gasteiger partial charge on any atom is -0.407 e. The molecule has 1 saturated carbocycles. The molecule has 0 bridgehead atoms. The monoisotopic (exact) mass is 507 g/mol. The first kappa shape index (κ1) is 25.5. The van der Waals surface area contributed by atoms with Gasteiger partial charge in [0.05, 0.1) is 11.3 Å². The van der Waals surface area contributed by atoms with E-state index in [4.69, 9.17) is 9.84 Å². The SMILES string of the molecule is CC(=O)Oc1c(-c2ccc(NC(=O)C3CCCC3)cc2)c(-c2cccc(C)c2)nn1-c1cc(C)ccc1C. The van der Waals surface area contributed by atoms with Gasteiger partial charge in [-0.3, -0.25) is 9.59 Å². The summed E-state index contributed by atoms with van der Waals surface area (Å²) in [6, 6.07) is 21.9. The van der Waals surface area contributed by atoms with Crippen LogP contribution in [0.2, 0.25) is 0 Å². The van der Waals surface area contributed by atoms with Crippen molar-refractivity contribution in [3.8, 4) is 34.0 Å². The number of hydrogen-bond donors (Lipinski definition) is 1. The topological polar surface area (TPSA) is 73.2 Å². The molecule has 1 aliphatic carbocycles. The predicted octanol–water partition coefficient (Wildman–Crippen LogP) is 7.19. The predicted molar refractivity (Wildman–Crippen MR) is 151 cm³/mol. The number of rotatable bonds is 6. The molecule has 4 aromatic rings. The first-order valence-electron chi connectivity index (χ1n) is 13.2. The van der Waals surface area contributed by atoms with Crippen molar-refractivity contribution in [3.63, 3.8) is 0 Å². The second kappa shape index (κ2) is 10.7. The normalized spacial score (nSPS) is 13.5. The summed E-state index contributed by atoms with van der Waals surface area (Å²) in [5.41, 5.74) is 8.00. The van der Waals surface area contributed by atoms with Gasteiger partial charge in [0.1, 0.15) is 5.69 Å². The second-order valence-electron chi connectivity index (χ2n) is 10.2. The Kier molecular flexibility index (Phi) is 7.14. The van der Waals surface area contributed by atoms with Crippen LogP contribution in [-0.4, -0.2) is 21.7 Å². The third kappa shape index (κ3) is 5.25. The number of carbonyl (C=O) groups excluding carboxylic acids is 2. The lowest BCUT2D eigenvalue weighted by Gasteiger charge is -2.13. The summed E-state index contributed by atoms with van der Waals surface area (Å²) in [7, 11) is 0. The van der Waals surface area contributed by atoms with Crippen molar-refractivity contribution in [3.05, 3.63) is 83.4 Å². The van der Waals surface area contributed by atoms with Crippen molar-refractivity contribution in [2.24, 2.45) is 5.92 Å². The van der Waals surface area contributed by atoms with E-state index in [1.54, 1.807) is 4.68 Å². The lowest BCUT2D eigenvalue weighted by molar-refractivity contribution is -0.132. The highest BCUT2D eigenvalue weighted by molar-refractivity contribution is 5.93. The summed E-state index contributed by atoms with van der Waals surface area (Å²) in [4.78, 5) is 25.0. The Morgan fingerprint density at radius 1 is 0.895 bits per heavy atom. The van der Waals surface area contributed by atoms with Gasteiger partial charge >= 0.3 is 5.97 Å². The lowest BCUT2D eigenvalue weighted by atomic mass is 9.99. The summed E-state index contributed by atoms with van der Waals surface area (Å²) < 4.78 is 7.60. The van der Waals surface area contributed by atoms with E-state index in [2.05, 4.69) is 17.4 Å². The van der Waals surface area contributed by atoms with Gasteiger partial charge in [-0.05, 0) is 74.6 Å². The van der Waals surface area contributed by atoms with Gasteiger partial charge in [-0.2, -0.15) is 9.78 Å². The Morgan fingerprint density at radius 2 is 1.61 bits per heavy atom. The van der Waals surface area contributed by atoms with E-state index in [0.29, 0.717) is 11.6 Å². The van der Waals surface area contributed by atoms with Crippen LogP contribution >= 0.6 is 0 Å². The molecule has 1 heterocycles. The number of esters is 1. The van der Waals surface area contributed by atoms with Crippen LogP contribution in [0.3, 0.4) is 0 Å².